The summed E-state index contributed by atoms with van der Waals surface area (Å²) in [5.74, 6) is 2.16. The largest absolute Gasteiger partial charge is 0.303 e. The molecule has 1 saturated heterocycles. The van der Waals surface area contributed by atoms with Crippen LogP contribution >= 0.6 is 15.9 Å². The Morgan fingerprint density at radius 2 is 1.33 bits per heavy atom. The molecule has 18 heavy (non-hydrogen) atoms. The number of unbranched alkanes of at least 4 members (excludes halogenated alkanes) is 6. The quantitative estimate of drug-likeness (QED) is 0.434. The number of halogens is 1. The lowest BCUT2D eigenvalue weighted by Crippen LogP contribution is -2.22. The molecule has 1 heterocycles. The van der Waals surface area contributed by atoms with E-state index in [9.17, 15) is 0 Å². The fourth-order valence-electron chi connectivity index (χ4n) is 3.83. The summed E-state index contributed by atoms with van der Waals surface area (Å²) in [6, 6.07) is 0. The lowest BCUT2D eigenvalue weighted by Gasteiger charge is -2.16. The molecule has 0 N–H and O–H groups in total. The Morgan fingerprint density at radius 3 is 1.94 bits per heavy atom. The molecule has 1 saturated carbocycles. The first-order valence-electron chi connectivity index (χ1n) is 8.18. The second kappa shape index (κ2) is 8.58. The molecule has 0 radical (unpaired) electrons. The van der Waals surface area contributed by atoms with Gasteiger partial charge >= 0.3 is 0 Å². The molecule has 2 unspecified atom stereocenters. The number of likely N-dealkylation sites (tertiary alicyclic amines) is 1. The van der Waals surface area contributed by atoms with E-state index >= 15 is 0 Å². The molecule has 2 heteroatoms. The molecule has 1 aliphatic heterocycles. The van der Waals surface area contributed by atoms with Crippen LogP contribution in [0.25, 0.3) is 0 Å². The summed E-state index contributed by atoms with van der Waals surface area (Å²) >= 11 is 3.50. The molecular weight excluding hydrogens is 286 g/mol. The van der Waals surface area contributed by atoms with Crippen LogP contribution in [0.3, 0.4) is 0 Å². The van der Waals surface area contributed by atoms with Crippen molar-refractivity contribution in [1.29, 1.82) is 0 Å². The highest BCUT2D eigenvalue weighted by Crippen LogP contribution is 2.37. The third-order valence-electron chi connectivity index (χ3n) is 4.91. The highest BCUT2D eigenvalue weighted by molar-refractivity contribution is 9.09. The van der Waals surface area contributed by atoms with Crippen molar-refractivity contribution in [2.75, 3.05) is 25.0 Å². The topological polar surface area (TPSA) is 3.24 Å². The number of hydrogen-bond donors (Lipinski definition) is 0. The Kier molecular flexibility index (Phi) is 7.07. The van der Waals surface area contributed by atoms with E-state index in [4.69, 9.17) is 0 Å². The SMILES string of the molecule is BrCCCCCCCCCN1CC2CCCC2C1. The van der Waals surface area contributed by atoms with Crippen LogP contribution in [0.1, 0.15) is 64.2 Å². The summed E-state index contributed by atoms with van der Waals surface area (Å²) in [5.41, 5.74) is 0. The molecule has 106 valence electrons. The summed E-state index contributed by atoms with van der Waals surface area (Å²) in [4.78, 5) is 2.75. The van der Waals surface area contributed by atoms with Crippen LogP contribution in [0, 0.1) is 11.8 Å². The second-order valence-corrected chi connectivity index (χ2v) is 7.17. The average molecular weight is 316 g/mol. The zero-order valence-electron chi connectivity index (χ0n) is 11.9. The van der Waals surface area contributed by atoms with Gasteiger partial charge in [-0.15, -0.1) is 0 Å². The molecule has 0 aromatic rings. The Bertz CT molecular complexity index is 207. The first-order chi connectivity index (χ1) is 8.90. The molecule has 0 spiro atoms. The summed E-state index contributed by atoms with van der Waals surface area (Å²) in [6.45, 7) is 4.24. The molecule has 0 bridgehead atoms. The number of alkyl halides is 1. The molecule has 1 nitrogen and oxygen atoms in total. The predicted octanol–water partition coefficient (Wildman–Crippen LogP) is 4.84. The molecule has 2 rings (SSSR count). The minimum absolute atomic E-state index is 1.08. The van der Waals surface area contributed by atoms with Crippen molar-refractivity contribution in [3.63, 3.8) is 0 Å². The second-order valence-electron chi connectivity index (χ2n) is 6.37. The zero-order valence-corrected chi connectivity index (χ0v) is 13.5. The number of hydrogen-bond acceptors (Lipinski definition) is 1. The zero-order chi connectivity index (χ0) is 12.6. The molecule has 2 fully saturated rings. The molecule has 1 aliphatic carbocycles. The van der Waals surface area contributed by atoms with Crippen LogP contribution in [0.5, 0.6) is 0 Å². The van der Waals surface area contributed by atoms with E-state index in [1.165, 1.54) is 89.2 Å². The van der Waals surface area contributed by atoms with Gasteiger partial charge in [0.05, 0.1) is 0 Å². The van der Waals surface area contributed by atoms with Crippen LogP contribution in [-0.4, -0.2) is 29.9 Å². The van der Waals surface area contributed by atoms with Crippen LogP contribution in [-0.2, 0) is 0 Å². The van der Waals surface area contributed by atoms with Crippen LogP contribution in [0.4, 0.5) is 0 Å². The van der Waals surface area contributed by atoms with Gasteiger partial charge in [-0.1, -0.05) is 54.5 Å². The predicted molar refractivity (Wildman–Crippen MR) is 83.4 cm³/mol. The maximum atomic E-state index is 3.50. The Morgan fingerprint density at radius 1 is 0.778 bits per heavy atom. The van der Waals surface area contributed by atoms with E-state index in [0.717, 1.165) is 11.8 Å². The number of nitrogens with zero attached hydrogens (tertiary/aromatic N) is 1. The molecule has 0 aromatic heterocycles. The van der Waals surface area contributed by atoms with Gasteiger partial charge < -0.3 is 4.90 Å². The van der Waals surface area contributed by atoms with Crippen LogP contribution in [0.15, 0.2) is 0 Å². The molecule has 2 atom stereocenters. The number of fused-ring (bicyclic) bond motifs is 1. The van der Waals surface area contributed by atoms with Crippen LogP contribution in [0.2, 0.25) is 0 Å². The van der Waals surface area contributed by atoms with Gasteiger partial charge in [-0.3, -0.25) is 0 Å². The van der Waals surface area contributed by atoms with Gasteiger partial charge in [-0.25, -0.2) is 0 Å². The fraction of sp³-hybridized carbons (Fsp3) is 1.00. The van der Waals surface area contributed by atoms with Crippen molar-refractivity contribution < 1.29 is 0 Å². The first kappa shape index (κ1) is 14.8. The van der Waals surface area contributed by atoms with E-state index in [2.05, 4.69) is 20.8 Å². The highest BCUT2D eigenvalue weighted by atomic mass is 79.9. The van der Waals surface area contributed by atoms with E-state index in [0.29, 0.717) is 0 Å². The average Bonchev–Trinajstić information content (AvgIpc) is 2.93. The van der Waals surface area contributed by atoms with Crippen LogP contribution < -0.4 is 0 Å². The molecule has 0 amide bonds. The van der Waals surface area contributed by atoms with Crippen molar-refractivity contribution in [3.05, 3.63) is 0 Å². The Labute approximate surface area is 122 Å². The van der Waals surface area contributed by atoms with E-state index in [1.54, 1.807) is 0 Å². The van der Waals surface area contributed by atoms with Gasteiger partial charge in [0.15, 0.2) is 0 Å². The highest BCUT2D eigenvalue weighted by Gasteiger charge is 2.35. The standard InChI is InChI=1S/C16H30BrN/c17-11-6-4-2-1-3-5-7-12-18-13-15-9-8-10-16(15)14-18/h15-16H,1-14H2. The summed E-state index contributed by atoms with van der Waals surface area (Å²) in [7, 11) is 0. The van der Waals surface area contributed by atoms with Gasteiger partial charge in [0.2, 0.25) is 0 Å². The van der Waals surface area contributed by atoms with Gasteiger partial charge in [0.25, 0.3) is 0 Å². The van der Waals surface area contributed by atoms with E-state index in [1.807, 2.05) is 0 Å². The van der Waals surface area contributed by atoms with Crippen molar-refractivity contribution in [3.8, 4) is 0 Å². The first-order valence-corrected chi connectivity index (χ1v) is 9.30. The summed E-state index contributed by atoms with van der Waals surface area (Å²) in [5, 5.41) is 1.18. The lowest BCUT2D eigenvalue weighted by molar-refractivity contribution is 0.302. The summed E-state index contributed by atoms with van der Waals surface area (Å²) < 4.78 is 0. The smallest absolute Gasteiger partial charge is 0.00313 e. The minimum Gasteiger partial charge on any atom is -0.303 e. The normalized spacial score (nSPS) is 27.8. The molecule has 0 aromatic carbocycles. The van der Waals surface area contributed by atoms with Gasteiger partial charge in [-0.2, -0.15) is 0 Å². The van der Waals surface area contributed by atoms with Gasteiger partial charge in [0.1, 0.15) is 0 Å². The van der Waals surface area contributed by atoms with E-state index < -0.39 is 0 Å². The van der Waals surface area contributed by atoms with Crippen molar-refractivity contribution in [1.82, 2.24) is 4.90 Å². The van der Waals surface area contributed by atoms with E-state index in [-0.39, 0.29) is 0 Å². The van der Waals surface area contributed by atoms with Crippen molar-refractivity contribution in [2.24, 2.45) is 11.8 Å². The summed E-state index contributed by atoms with van der Waals surface area (Å²) in [6.07, 6.45) is 14.6. The van der Waals surface area contributed by atoms with Gasteiger partial charge in [-0.05, 0) is 44.1 Å². The monoisotopic (exact) mass is 315 g/mol. The van der Waals surface area contributed by atoms with Gasteiger partial charge in [0, 0.05) is 18.4 Å². The molecule has 2 aliphatic rings. The van der Waals surface area contributed by atoms with Crippen molar-refractivity contribution in [2.45, 2.75) is 64.2 Å². The lowest BCUT2D eigenvalue weighted by atomic mass is 10.0. The third kappa shape index (κ3) is 4.85. The molecular formula is C16H30BrN. The van der Waals surface area contributed by atoms with Crippen molar-refractivity contribution >= 4 is 15.9 Å². The number of rotatable bonds is 9. The Hall–Kier alpha value is 0.440. The maximum absolute atomic E-state index is 3.50. The maximum Gasteiger partial charge on any atom is 0.00313 e. The Balaban J connectivity index is 1.40. The fourth-order valence-corrected chi connectivity index (χ4v) is 4.23. The third-order valence-corrected chi connectivity index (χ3v) is 5.47. The minimum atomic E-state index is 1.08.